The van der Waals surface area contributed by atoms with Crippen molar-refractivity contribution in [3.63, 3.8) is 0 Å². The Morgan fingerprint density at radius 2 is 1.70 bits per heavy atom. The minimum Gasteiger partial charge on any atom is -0.423 e. The maximum absolute atomic E-state index is 12.8. The molecular formula is C30H42O3. The molecular weight excluding hydrogens is 408 g/mol. The van der Waals surface area contributed by atoms with Gasteiger partial charge in [0.2, 0.25) is 0 Å². The summed E-state index contributed by atoms with van der Waals surface area (Å²) in [7, 11) is 0. The fourth-order valence-corrected chi connectivity index (χ4v) is 9.32. The minimum atomic E-state index is -0.206. The predicted octanol–water partition coefficient (Wildman–Crippen LogP) is 7.33. The number of ether oxygens (including phenoxy) is 1. The fourth-order valence-electron chi connectivity index (χ4n) is 9.32. The Labute approximate surface area is 200 Å². The number of ketones is 1. The summed E-state index contributed by atoms with van der Waals surface area (Å²) in [5.74, 6) is 2.45. The van der Waals surface area contributed by atoms with Crippen LogP contribution >= 0.6 is 0 Å². The Kier molecular flexibility index (Phi) is 5.03. The Hall–Kier alpha value is -1.64. The lowest BCUT2D eigenvalue weighted by molar-refractivity contribution is -0.139. The topological polar surface area (TPSA) is 43.4 Å². The molecule has 0 aromatic heterocycles. The van der Waals surface area contributed by atoms with Crippen LogP contribution in [-0.4, -0.2) is 11.8 Å². The van der Waals surface area contributed by atoms with Crippen molar-refractivity contribution in [1.29, 1.82) is 0 Å². The summed E-state index contributed by atoms with van der Waals surface area (Å²) < 4.78 is 5.48. The second kappa shape index (κ2) is 7.18. The third-order valence-corrected chi connectivity index (χ3v) is 11.5. The first-order valence-electron chi connectivity index (χ1n) is 13.2. The first-order valence-corrected chi connectivity index (χ1v) is 13.2. The lowest BCUT2D eigenvalue weighted by atomic mass is 9.43. The number of allylic oxidation sites excluding steroid dienone is 4. The van der Waals surface area contributed by atoms with Crippen molar-refractivity contribution in [3.8, 4) is 0 Å². The molecule has 0 saturated heterocycles. The molecule has 5 aliphatic rings. The van der Waals surface area contributed by atoms with E-state index in [0.29, 0.717) is 29.1 Å². The van der Waals surface area contributed by atoms with E-state index in [0.717, 1.165) is 25.0 Å². The van der Waals surface area contributed by atoms with E-state index in [9.17, 15) is 9.59 Å². The predicted molar refractivity (Wildman–Crippen MR) is 131 cm³/mol. The maximum Gasteiger partial charge on any atom is 0.339 e. The van der Waals surface area contributed by atoms with Crippen LogP contribution in [-0.2, 0) is 14.3 Å². The summed E-state index contributed by atoms with van der Waals surface area (Å²) in [6.45, 7) is 16.2. The van der Waals surface area contributed by atoms with E-state index in [1.54, 1.807) is 11.1 Å². The molecule has 5 rings (SSSR count). The zero-order chi connectivity index (χ0) is 24.0. The molecule has 2 fully saturated rings. The van der Waals surface area contributed by atoms with Crippen LogP contribution in [0.25, 0.3) is 0 Å². The highest BCUT2D eigenvalue weighted by Gasteiger charge is 2.63. The molecule has 0 unspecified atom stereocenters. The first-order chi connectivity index (χ1) is 15.3. The van der Waals surface area contributed by atoms with Gasteiger partial charge in [0, 0.05) is 17.4 Å². The molecule has 2 saturated carbocycles. The van der Waals surface area contributed by atoms with Gasteiger partial charge in [-0.2, -0.15) is 0 Å². The molecule has 0 aromatic carbocycles. The lowest BCUT2D eigenvalue weighted by Crippen LogP contribution is -2.53. The van der Waals surface area contributed by atoms with Crippen LogP contribution in [0.3, 0.4) is 0 Å². The van der Waals surface area contributed by atoms with Gasteiger partial charge in [-0.1, -0.05) is 52.7 Å². The summed E-state index contributed by atoms with van der Waals surface area (Å²) >= 11 is 0. The summed E-state index contributed by atoms with van der Waals surface area (Å²) in [5.41, 5.74) is 4.66. The lowest BCUT2D eigenvalue weighted by Gasteiger charge is -2.60. The van der Waals surface area contributed by atoms with Gasteiger partial charge in [0.05, 0.1) is 0 Å². The van der Waals surface area contributed by atoms with Gasteiger partial charge in [-0.3, -0.25) is 4.79 Å². The quantitative estimate of drug-likeness (QED) is 0.327. The van der Waals surface area contributed by atoms with Crippen molar-refractivity contribution in [1.82, 2.24) is 0 Å². The van der Waals surface area contributed by atoms with Crippen molar-refractivity contribution >= 4 is 11.8 Å². The SMILES string of the molecule is CC1=C/C(=C\[C@H](C)[C@H]2CC[C@@]3(C)C4=C(CC[C@]23C)[C@@]2(C)CCC(=O)C(C)(C)[C@@H]2CC4)OC1=O. The number of hydrogen-bond acceptors (Lipinski definition) is 3. The summed E-state index contributed by atoms with van der Waals surface area (Å²) in [4.78, 5) is 24.7. The number of Topliss-reactive ketones (excluding diaryl/α,β-unsaturated/α-hetero) is 1. The van der Waals surface area contributed by atoms with Crippen LogP contribution in [0, 0.1) is 39.4 Å². The maximum atomic E-state index is 12.8. The minimum absolute atomic E-state index is 0.182. The van der Waals surface area contributed by atoms with Gasteiger partial charge in [0.15, 0.2) is 0 Å². The molecule has 1 heterocycles. The van der Waals surface area contributed by atoms with E-state index < -0.39 is 0 Å². The molecule has 33 heavy (non-hydrogen) atoms. The summed E-state index contributed by atoms with van der Waals surface area (Å²) in [6, 6.07) is 0. The number of hydrogen-bond donors (Lipinski definition) is 0. The van der Waals surface area contributed by atoms with Gasteiger partial charge in [0.1, 0.15) is 11.5 Å². The Bertz CT molecular complexity index is 1010. The highest BCUT2D eigenvalue weighted by atomic mass is 16.5. The van der Waals surface area contributed by atoms with Gasteiger partial charge in [0.25, 0.3) is 0 Å². The van der Waals surface area contributed by atoms with E-state index >= 15 is 0 Å². The molecule has 0 bridgehead atoms. The second-order valence-electron chi connectivity index (χ2n) is 13.2. The third-order valence-electron chi connectivity index (χ3n) is 11.5. The Balaban J connectivity index is 1.49. The van der Waals surface area contributed by atoms with Crippen molar-refractivity contribution in [3.05, 3.63) is 34.6 Å². The van der Waals surface area contributed by atoms with Crippen molar-refractivity contribution < 1.29 is 14.3 Å². The van der Waals surface area contributed by atoms with E-state index in [2.05, 4.69) is 47.6 Å². The second-order valence-corrected chi connectivity index (χ2v) is 13.2. The van der Waals surface area contributed by atoms with Crippen LogP contribution < -0.4 is 0 Å². The van der Waals surface area contributed by atoms with Crippen LogP contribution in [0.1, 0.15) is 99.8 Å². The molecule has 0 N–H and O–H groups in total. The highest BCUT2D eigenvalue weighted by molar-refractivity contribution is 5.92. The van der Waals surface area contributed by atoms with Gasteiger partial charge in [-0.15, -0.1) is 0 Å². The van der Waals surface area contributed by atoms with Crippen LogP contribution in [0.2, 0.25) is 0 Å². The number of rotatable bonds is 2. The summed E-state index contributed by atoms with van der Waals surface area (Å²) in [5, 5.41) is 0. The van der Waals surface area contributed by atoms with Gasteiger partial charge in [-0.25, -0.2) is 4.79 Å². The fraction of sp³-hybridized carbons (Fsp3) is 0.733. The molecule has 0 amide bonds. The molecule has 3 nitrogen and oxygen atoms in total. The van der Waals surface area contributed by atoms with Crippen molar-refractivity contribution in [2.75, 3.05) is 0 Å². The van der Waals surface area contributed by atoms with Crippen molar-refractivity contribution in [2.24, 2.45) is 39.4 Å². The number of esters is 1. The van der Waals surface area contributed by atoms with Gasteiger partial charge in [-0.05, 0) is 98.0 Å². The molecule has 180 valence electrons. The first kappa shape index (κ1) is 23.1. The molecule has 6 atom stereocenters. The molecule has 0 spiro atoms. The Morgan fingerprint density at radius 1 is 0.970 bits per heavy atom. The molecule has 0 radical (unpaired) electrons. The normalized spacial score (nSPS) is 44.2. The van der Waals surface area contributed by atoms with Gasteiger partial charge >= 0.3 is 5.97 Å². The standard InChI is InChI=1S/C30H42O3/c1-18(16-20-17-19(2)26(32)33-20)21-10-14-30(7)23-8-9-24-27(3,4)25(31)12-13-28(24,5)22(23)11-15-29(21,30)6/h16-18,21,24H,8-15H2,1-7H3/b20-16+/t18-,21+,24-,28+,29+,30-/m0/s1. The number of cyclic esters (lactones) is 1. The van der Waals surface area contributed by atoms with E-state index in [1.165, 1.54) is 32.1 Å². The number of carbonyl (C=O) groups is 2. The monoisotopic (exact) mass is 450 g/mol. The zero-order valence-corrected chi connectivity index (χ0v) is 21.8. The van der Waals surface area contributed by atoms with Crippen LogP contribution in [0.4, 0.5) is 0 Å². The van der Waals surface area contributed by atoms with E-state index in [-0.39, 0.29) is 27.6 Å². The van der Waals surface area contributed by atoms with Crippen molar-refractivity contribution in [2.45, 2.75) is 99.8 Å². The van der Waals surface area contributed by atoms with Crippen LogP contribution in [0.5, 0.6) is 0 Å². The number of carbonyl (C=O) groups excluding carboxylic acids is 2. The molecule has 3 heteroatoms. The average molecular weight is 451 g/mol. The molecule has 1 aliphatic heterocycles. The van der Waals surface area contributed by atoms with E-state index in [4.69, 9.17) is 4.74 Å². The summed E-state index contributed by atoms with van der Waals surface area (Å²) in [6.07, 6.45) is 13.1. The highest BCUT2D eigenvalue weighted by Crippen LogP contribution is 2.72. The smallest absolute Gasteiger partial charge is 0.339 e. The zero-order valence-electron chi connectivity index (χ0n) is 21.8. The Morgan fingerprint density at radius 3 is 2.36 bits per heavy atom. The van der Waals surface area contributed by atoms with E-state index in [1.807, 2.05) is 13.0 Å². The number of fused-ring (bicyclic) bond motifs is 4. The largest absolute Gasteiger partial charge is 0.423 e. The van der Waals surface area contributed by atoms with Gasteiger partial charge < -0.3 is 4.74 Å². The van der Waals surface area contributed by atoms with Crippen LogP contribution in [0.15, 0.2) is 34.6 Å². The molecule has 0 aromatic rings. The average Bonchev–Trinajstić information content (AvgIpc) is 3.20. The third kappa shape index (κ3) is 2.99. The molecule has 4 aliphatic carbocycles.